The van der Waals surface area contributed by atoms with Crippen molar-refractivity contribution in [1.29, 1.82) is 0 Å². The summed E-state index contributed by atoms with van der Waals surface area (Å²) in [7, 11) is 0. The van der Waals surface area contributed by atoms with E-state index in [1.54, 1.807) is 24.5 Å². The minimum atomic E-state index is -0.985. The fourth-order valence-corrected chi connectivity index (χ4v) is 10.4. The van der Waals surface area contributed by atoms with Crippen LogP contribution in [0.5, 0.6) is 0 Å². The highest BCUT2D eigenvalue weighted by atomic mass is 35.5. The molecule has 1 unspecified atom stereocenters. The Labute approximate surface area is 348 Å². The smallest absolute Gasteiger partial charge is 0.262 e. The van der Waals surface area contributed by atoms with E-state index in [1.807, 2.05) is 29.2 Å². The van der Waals surface area contributed by atoms with Crippen LogP contribution in [0, 0.1) is 12.0 Å². The number of likely N-dealkylation sites (tertiary alicyclic amines) is 1. The summed E-state index contributed by atoms with van der Waals surface area (Å²) in [6.07, 6.45) is 8.46. The van der Waals surface area contributed by atoms with E-state index in [4.69, 9.17) is 18.2 Å². The average Bonchev–Trinajstić information content (AvgIpc) is 3.71. The van der Waals surface area contributed by atoms with Crippen LogP contribution < -0.4 is 20.0 Å². The molecule has 2 aromatic carbocycles. The van der Waals surface area contributed by atoms with Gasteiger partial charge in [0, 0.05) is 106 Å². The molecule has 0 saturated carbocycles. The first-order valence-corrected chi connectivity index (χ1v) is 21.0. The van der Waals surface area contributed by atoms with Gasteiger partial charge in [-0.1, -0.05) is 17.7 Å². The van der Waals surface area contributed by atoms with Crippen molar-refractivity contribution >= 4 is 64.1 Å². The lowest BCUT2D eigenvalue weighted by Gasteiger charge is -2.43. The predicted octanol–water partition coefficient (Wildman–Crippen LogP) is 4.39. The molecule has 2 atom stereocenters. The van der Waals surface area contributed by atoms with E-state index in [9.17, 15) is 24.0 Å². The second-order valence-corrected chi connectivity index (χ2v) is 17.3. The number of nitrogens with one attached hydrogen (secondary N) is 1. The molecule has 3 aromatic rings. The molecule has 5 amide bonds. The van der Waals surface area contributed by atoms with Gasteiger partial charge in [-0.2, -0.15) is 0 Å². The van der Waals surface area contributed by atoms with Gasteiger partial charge in [-0.15, -0.1) is 0 Å². The first kappa shape index (κ1) is 38.9. The lowest BCUT2D eigenvalue weighted by molar-refractivity contribution is -0.136. The molecule has 59 heavy (non-hydrogen) atoms. The third-order valence-corrected chi connectivity index (χ3v) is 13.8. The number of carbonyl (C=O) groups excluding carboxylic acids is 5. The summed E-state index contributed by atoms with van der Waals surface area (Å²) in [6.45, 7) is 16.7. The predicted molar refractivity (Wildman–Crippen MR) is 221 cm³/mol. The van der Waals surface area contributed by atoms with Crippen LogP contribution >= 0.6 is 11.6 Å². The molecule has 6 aliphatic heterocycles. The third kappa shape index (κ3) is 7.26. The maximum absolute atomic E-state index is 13.5. The molecular formula is C43H47ClN10O5. The number of piperazine rings is 1. The number of imide groups is 2. The van der Waals surface area contributed by atoms with Crippen molar-refractivity contribution in [2.75, 3.05) is 73.6 Å². The van der Waals surface area contributed by atoms with E-state index in [1.165, 1.54) is 0 Å². The number of fused-ring (bicyclic) bond motifs is 1. The summed E-state index contributed by atoms with van der Waals surface area (Å²) < 4.78 is 0. The number of hydrogen-bond acceptors (Lipinski definition) is 11. The number of piperidine rings is 3. The highest BCUT2D eigenvalue weighted by Crippen LogP contribution is 2.46. The van der Waals surface area contributed by atoms with Gasteiger partial charge in [-0.25, -0.2) is 14.8 Å². The topological polar surface area (TPSA) is 147 Å². The normalized spacial score (nSPS) is 23.8. The molecule has 1 aromatic heterocycles. The van der Waals surface area contributed by atoms with E-state index in [0.717, 1.165) is 94.2 Å². The summed E-state index contributed by atoms with van der Waals surface area (Å²) in [5.41, 5.74) is 3.68. The van der Waals surface area contributed by atoms with E-state index >= 15 is 0 Å². The van der Waals surface area contributed by atoms with Crippen LogP contribution in [-0.4, -0.2) is 131 Å². The molecule has 7 heterocycles. The summed E-state index contributed by atoms with van der Waals surface area (Å²) in [5, 5.41) is 2.74. The molecule has 1 N–H and O–H groups in total. The lowest BCUT2D eigenvalue weighted by atomic mass is 9.77. The van der Waals surface area contributed by atoms with E-state index < -0.39 is 29.7 Å². The molecule has 1 spiro atoms. The van der Waals surface area contributed by atoms with Gasteiger partial charge in [0.05, 0.1) is 23.3 Å². The van der Waals surface area contributed by atoms with Crippen molar-refractivity contribution in [2.45, 2.75) is 70.0 Å². The van der Waals surface area contributed by atoms with E-state index in [-0.39, 0.29) is 35.3 Å². The van der Waals surface area contributed by atoms with Gasteiger partial charge in [0.25, 0.3) is 17.7 Å². The lowest BCUT2D eigenvalue weighted by Crippen LogP contribution is -2.54. The van der Waals surface area contributed by atoms with Gasteiger partial charge < -0.3 is 19.6 Å². The van der Waals surface area contributed by atoms with Gasteiger partial charge in [-0.3, -0.25) is 39.1 Å². The minimum Gasteiger partial charge on any atom is -0.369 e. The van der Waals surface area contributed by atoms with Crippen molar-refractivity contribution in [2.24, 2.45) is 5.41 Å². The van der Waals surface area contributed by atoms with Crippen molar-refractivity contribution in [1.82, 2.24) is 30.0 Å². The maximum atomic E-state index is 13.5. The Morgan fingerprint density at radius 3 is 2.22 bits per heavy atom. The van der Waals surface area contributed by atoms with Crippen LogP contribution in [0.15, 0.2) is 48.8 Å². The van der Waals surface area contributed by atoms with Gasteiger partial charge in [0.1, 0.15) is 6.04 Å². The SMILES string of the molecule is [C-]#[N+]c1ccc(N2CC3(CCN(c4ncc(C(=O)N5CCC(N6CCN(c7ccc8c(c7)C(=O)N(C7CCC(=O)NC7=O)C8=O)CC6)CC5)cn4)CC3)C[C@@H]2C)cc1Cl. The zero-order valence-electron chi connectivity index (χ0n) is 33.1. The Morgan fingerprint density at radius 2 is 1.54 bits per heavy atom. The summed E-state index contributed by atoms with van der Waals surface area (Å²) in [5.74, 6) is -1.40. The molecule has 15 nitrogen and oxygen atoms in total. The highest BCUT2D eigenvalue weighted by molar-refractivity contribution is 6.33. The second kappa shape index (κ2) is 15.5. The number of carbonyl (C=O) groups is 5. The van der Waals surface area contributed by atoms with Crippen LogP contribution in [0.2, 0.25) is 5.02 Å². The highest BCUT2D eigenvalue weighted by Gasteiger charge is 2.46. The van der Waals surface area contributed by atoms with Crippen LogP contribution in [-0.2, 0) is 9.59 Å². The zero-order valence-corrected chi connectivity index (χ0v) is 33.9. The molecular weight excluding hydrogens is 772 g/mol. The number of amides is 5. The third-order valence-electron chi connectivity index (χ3n) is 13.5. The Bertz CT molecular complexity index is 2240. The zero-order chi connectivity index (χ0) is 41.0. The average molecular weight is 819 g/mol. The molecule has 0 radical (unpaired) electrons. The number of aromatic nitrogens is 2. The Morgan fingerprint density at radius 1 is 0.847 bits per heavy atom. The fourth-order valence-electron chi connectivity index (χ4n) is 10.2. The van der Waals surface area contributed by atoms with Crippen molar-refractivity contribution in [3.63, 3.8) is 0 Å². The second-order valence-electron chi connectivity index (χ2n) is 16.9. The number of halogens is 1. The summed E-state index contributed by atoms with van der Waals surface area (Å²) in [6, 6.07) is 10.8. The molecule has 306 valence electrons. The largest absolute Gasteiger partial charge is 0.369 e. The molecule has 0 bridgehead atoms. The van der Waals surface area contributed by atoms with Crippen molar-refractivity contribution in [3.8, 4) is 0 Å². The van der Waals surface area contributed by atoms with Crippen LogP contribution in [0.3, 0.4) is 0 Å². The van der Waals surface area contributed by atoms with E-state index in [2.05, 4.69) is 46.7 Å². The number of hydrogen-bond donors (Lipinski definition) is 1. The van der Waals surface area contributed by atoms with Gasteiger partial charge in [0.15, 0.2) is 0 Å². The van der Waals surface area contributed by atoms with Gasteiger partial charge >= 0.3 is 0 Å². The molecule has 0 aliphatic carbocycles. The summed E-state index contributed by atoms with van der Waals surface area (Å²) >= 11 is 6.38. The van der Waals surface area contributed by atoms with Crippen molar-refractivity contribution in [3.05, 3.63) is 81.9 Å². The molecule has 16 heteroatoms. The maximum Gasteiger partial charge on any atom is 0.262 e. The number of anilines is 3. The number of benzene rings is 2. The minimum absolute atomic E-state index is 0.0391. The van der Waals surface area contributed by atoms with E-state index in [0.29, 0.717) is 47.4 Å². The first-order valence-electron chi connectivity index (χ1n) is 20.7. The Hall–Kier alpha value is -5.59. The van der Waals surface area contributed by atoms with Crippen molar-refractivity contribution < 1.29 is 24.0 Å². The molecule has 5 saturated heterocycles. The Balaban J connectivity index is 0.736. The Kier molecular flexibility index (Phi) is 10.2. The van der Waals surface area contributed by atoms with Crippen LogP contribution in [0.1, 0.15) is 82.9 Å². The number of rotatable bonds is 6. The summed E-state index contributed by atoms with van der Waals surface area (Å²) in [4.78, 5) is 89.2. The molecule has 6 aliphatic rings. The first-order chi connectivity index (χ1) is 28.5. The van der Waals surface area contributed by atoms with Gasteiger partial charge in [-0.05, 0) is 81.2 Å². The monoisotopic (exact) mass is 818 g/mol. The fraction of sp³-hybridized carbons (Fsp3) is 0.488. The number of nitrogens with zero attached hydrogens (tertiary/aromatic N) is 9. The molecule has 9 rings (SSSR count). The van der Waals surface area contributed by atoms with Crippen LogP contribution in [0.25, 0.3) is 4.85 Å². The molecule has 5 fully saturated rings. The standard InChI is InChI=1S/C43H47ClN10O5/c1-27-23-43(26-53(27)31-4-6-35(45-2)34(44)22-31)11-15-52(16-12-43)42-46-24-28(25-47-42)39(57)51-13-9-29(10-14-51)49-17-19-50(20-18-49)30-3-5-32-33(21-30)41(59)54(40(32)58)36-7-8-37(55)48-38(36)56/h3-6,21-22,24-25,27,29,36H,7-20,23,26H2,1H3,(H,48,55,56)/t27-,36?/m0/s1. The quantitative estimate of drug-likeness (QED) is 0.279. The van der Waals surface area contributed by atoms with Crippen LogP contribution in [0.4, 0.5) is 23.0 Å². The van der Waals surface area contributed by atoms with Gasteiger partial charge in [0.2, 0.25) is 23.5 Å².